The Morgan fingerprint density at radius 3 is 2.24 bits per heavy atom. The maximum Gasteiger partial charge on any atom is 0.272 e. The third-order valence-corrected chi connectivity index (χ3v) is 3.85. The summed E-state index contributed by atoms with van der Waals surface area (Å²) in [4.78, 5) is 35.9. The molecule has 0 aliphatic rings. The quantitative estimate of drug-likeness (QED) is 0.668. The number of nitrogens with zero attached hydrogens (tertiary/aromatic N) is 2. The summed E-state index contributed by atoms with van der Waals surface area (Å²) >= 11 is 0. The van der Waals surface area contributed by atoms with E-state index >= 15 is 0 Å². The van der Waals surface area contributed by atoms with Gasteiger partial charge in [-0.25, -0.2) is 0 Å². The first-order valence-electron chi connectivity index (χ1n) is 7.65. The van der Waals surface area contributed by atoms with Crippen molar-refractivity contribution < 1.29 is 14.5 Å². The molecule has 0 heterocycles. The summed E-state index contributed by atoms with van der Waals surface area (Å²) in [5.41, 5.74) is 2.25. The van der Waals surface area contributed by atoms with Gasteiger partial charge < -0.3 is 10.2 Å². The molecule has 2 rings (SSSR count). The molecular weight excluding hydrogens is 322 g/mol. The summed E-state index contributed by atoms with van der Waals surface area (Å²) in [5, 5.41) is 13.4. The molecular formula is C18H19N3O4. The van der Waals surface area contributed by atoms with Gasteiger partial charge in [0.05, 0.1) is 4.92 Å². The molecule has 0 aliphatic carbocycles. The van der Waals surface area contributed by atoms with E-state index in [1.54, 1.807) is 45.3 Å². The number of carbonyl (C=O) groups is 2. The number of aryl methyl sites for hydroxylation is 1. The fourth-order valence-electron chi connectivity index (χ4n) is 2.47. The molecule has 0 saturated heterocycles. The predicted octanol–water partition coefficient (Wildman–Crippen LogP) is 2.54. The predicted molar refractivity (Wildman–Crippen MR) is 93.5 cm³/mol. The molecule has 0 unspecified atom stereocenters. The molecule has 2 aromatic rings. The Balaban J connectivity index is 2.11. The molecule has 7 heteroatoms. The summed E-state index contributed by atoms with van der Waals surface area (Å²) < 4.78 is 0. The van der Waals surface area contributed by atoms with Crippen molar-refractivity contribution in [1.82, 2.24) is 10.2 Å². The monoisotopic (exact) mass is 341 g/mol. The number of hydrogen-bond acceptors (Lipinski definition) is 4. The van der Waals surface area contributed by atoms with E-state index in [-0.39, 0.29) is 17.5 Å². The van der Waals surface area contributed by atoms with Gasteiger partial charge in [0.1, 0.15) is 0 Å². The second kappa shape index (κ2) is 7.57. The lowest BCUT2D eigenvalue weighted by atomic mass is 10.1. The first kappa shape index (κ1) is 18.1. The van der Waals surface area contributed by atoms with Crippen molar-refractivity contribution in [2.45, 2.75) is 13.5 Å². The third kappa shape index (κ3) is 4.20. The SMILES string of the molecule is CNC(=O)c1ccc(CN(C)C(=O)c2ccc([N+](=O)[O-])c(C)c2)cc1. The lowest BCUT2D eigenvalue weighted by Gasteiger charge is -2.18. The molecule has 0 saturated carbocycles. The normalized spacial score (nSPS) is 10.2. The summed E-state index contributed by atoms with van der Waals surface area (Å²) in [5.74, 6) is -0.397. The van der Waals surface area contributed by atoms with E-state index in [4.69, 9.17) is 0 Å². The molecule has 0 bridgehead atoms. The van der Waals surface area contributed by atoms with E-state index in [9.17, 15) is 19.7 Å². The van der Waals surface area contributed by atoms with Crippen LogP contribution in [-0.4, -0.2) is 35.7 Å². The number of nitro benzene ring substituents is 1. The number of carbonyl (C=O) groups excluding carboxylic acids is 2. The fourth-order valence-corrected chi connectivity index (χ4v) is 2.47. The van der Waals surface area contributed by atoms with E-state index in [1.165, 1.54) is 23.1 Å². The van der Waals surface area contributed by atoms with Crippen LogP contribution >= 0.6 is 0 Å². The average Bonchev–Trinajstić information content (AvgIpc) is 2.60. The zero-order valence-electron chi connectivity index (χ0n) is 14.3. The second-order valence-corrected chi connectivity index (χ2v) is 5.70. The molecule has 130 valence electrons. The van der Waals surface area contributed by atoms with Crippen LogP contribution < -0.4 is 5.32 Å². The Bertz CT molecular complexity index is 816. The van der Waals surface area contributed by atoms with Gasteiger partial charge in [-0.1, -0.05) is 12.1 Å². The Morgan fingerprint density at radius 2 is 1.72 bits per heavy atom. The van der Waals surface area contributed by atoms with E-state index < -0.39 is 4.92 Å². The van der Waals surface area contributed by atoms with Crippen molar-refractivity contribution in [2.75, 3.05) is 14.1 Å². The van der Waals surface area contributed by atoms with E-state index in [0.717, 1.165) is 5.56 Å². The van der Waals surface area contributed by atoms with Gasteiger partial charge in [-0.05, 0) is 36.8 Å². The summed E-state index contributed by atoms with van der Waals surface area (Å²) in [7, 11) is 3.22. The van der Waals surface area contributed by atoms with Crippen molar-refractivity contribution in [3.63, 3.8) is 0 Å². The molecule has 0 spiro atoms. The maximum atomic E-state index is 12.5. The highest BCUT2D eigenvalue weighted by Crippen LogP contribution is 2.20. The van der Waals surface area contributed by atoms with Gasteiger partial charge in [-0.15, -0.1) is 0 Å². The van der Waals surface area contributed by atoms with Crippen LogP contribution in [0.15, 0.2) is 42.5 Å². The number of rotatable bonds is 5. The van der Waals surface area contributed by atoms with Crippen LogP contribution in [0.2, 0.25) is 0 Å². The fraction of sp³-hybridized carbons (Fsp3) is 0.222. The lowest BCUT2D eigenvalue weighted by molar-refractivity contribution is -0.385. The number of hydrogen-bond donors (Lipinski definition) is 1. The van der Waals surface area contributed by atoms with Crippen molar-refractivity contribution in [2.24, 2.45) is 0 Å². The summed E-state index contributed by atoms with van der Waals surface area (Å²) in [6.45, 7) is 1.97. The highest BCUT2D eigenvalue weighted by molar-refractivity contribution is 5.95. The number of nitro groups is 1. The van der Waals surface area contributed by atoms with Crippen molar-refractivity contribution >= 4 is 17.5 Å². The Hall–Kier alpha value is -3.22. The number of amides is 2. The van der Waals surface area contributed by atoms with Crippen LogP contribution in [0.4, 0.5) is 5.69 Å². The molecule has 1 N–H and O–H groups in total. The van der Waals surface area contributed by atoms with Crippen LogP contribution in [-0.2, 0) is 6.54 Å². The van der Waals surface area contributed by atoms with Gasteiger partial charge in [0.15, 0.2) is 0 Å². The molecule has 2 aromatic carbocycles. The van der Waals surface area contributed by atoms with Crippen LogP contribution in [0, 0.1) is 17.0 Å². The van der Waals surface area contributed by atoms with E-state index in [2.05, 4.69) is 5.32 Å². The summed E-state index contributed by atoms with van der Waals surface area (Å²) in [6.07, 6.45) is 0. The first-order chi connectivity index (χ1) is 11.8. The van der Waals surface area contributed by atoms with Crippen molar-refractivity contribution in [1.29, 1.82) is 0 Å². The van der Waals surface area contributed by atoms with Crippen LogP contribution in [0.1, 0.15) is 31.8 Å². The van der Waals surface area contributed by atoms with Crippen LogP contribution in [0.25, 0.3) is 0 Å². The standard InChI is InChI=1S/C18H19N3O4/c1-12-10-15(8-9-16(12)21(24)25)18(23)20(3)11-13-4-6-14(7-5-13)17(22)19-2/h4-10H,11H2,1-3H3,(H,19,22). The molecule has 0 aliphatic heterocycles. The number of nitrogens with one attached hydrogen (secondary N) is 1. The van der Waals surface area contributed by atoms with Crippen LogP contribution in [0.5, 0.6) is 0 Å². The molecule has 7 nitrogen and oxygen atoms in total. The Labute approximate surface area is 145 Å². The average molecular weight is 341 g/mol. The summed E-state index contributed by atoms with van der Waals surface area (Å²) in [6, 6.07) is 11.3. The molecule has 25 heavy (non-hydrogen) atoms. The first-order valence-corrected chi connectivity index (χ1v) is 7.65. The second-order valence-electron chi connectivity index (χ2n) is 5.70. The lowest BCUT2D eigenvalue weighted by Crippen LogP contribution is -2.26. The minimum atomic E-state index is -0.471. The molecule has 0 radical (unpaired) electrons. The zero-order valence-corrected chi connectivity index (χ0v) is 14.3. The van der Waals surface area contributed by atoms with Crippen LogP contribution in [0.3, 0.4) is 0 Å². The maximum absolute atomic E-state index is 12.5. The van der Waals surface area contributed by atoms with Gasteiger partial charge >= 0.3 is 0 Å². The smallest absolute Gasteiger partial charge is 0.272 e. The van der Waals surface area contributed by atoms with Gasteiger partial charge in [0.25, 0.3) is 17.5 Å². The van der Waals surface area contributed by atoms with E-state index in [1.807, 2.05) is 0 Å². The highest BCUT2D eigenvalue weighted by atomic mass is 16.6. The number of benzene rings is 2. The largest absolute Gasteiger partial charge is 0.355 e. The minimum Gasteiger partial charge on any atom is -0.355 e. The van der Waals surface area contributed by atoms with Gasteiger partial charge in [-0.3, -0.25) is 19.7 Å². The van der Waals surface area contributed by atoms with Gasteiger partial charge in [-0.2, -0.15) is 0 Å². The molecule has 2 amide bonds. The highest BCUT2D eigenvalue weighted by Gasteiger charge is 2.17. The van der Waals surface area contributed by atoms with Gasteiger partial charge in [0, 0.05) is 43.4 Å². The third-order valence-electron chi connectivity index (χ3n) is 3.85. The zero-order chi connectivity index (χ0) is 18.6. The molecule has 0 atom stereocenters. The molecule has 0 aromatic heterocycles. The molecule has 0 fully saturated rings. The van der Waals surface area contributed by atoms with E-state index in [0.29, 0.717) is 23.2 Å². The topological polar surface area (TPSA) is 92.6 Å². The van der Waals surface area contributed by atoms with Gasteiger partial charge in [0.2, 0.25) is 0 Å². The van der Waals surface area contributed by atoms with Crippen molar-refractivity contribution in [3.8, 4) is 0 Å². The minimum absolute atomic E-state index is 0.0102. The Morgan fingerprint density at radius 1 is 1.12 bits per heavy atom. The Kier molecular flexibility index (Phi) is 5.49. The van der Waals surface area contributed by atoms with Crippen molar-refractivity contribution in [3.05, 3.63) is 74.8 Å².